The van der Waals surface area contributed by atoms with Crippen molar-refractivity contribution in [3.63, 3.8) is 0 Å². The molecule has 0 unspecified atom stereocenters. The number of hydrogen-bond acceptors (Lipinski definition) is 5. The highest BCUT2D eigenvalue weighted by molar-refractivity contribution is 7.16. The Labute approximate surface area is 163 Å². The van der Waals surface area contributed by atoms with Crippen LogP contribution in [0, 0.1) is 11.6 Å². The Balaban J connectivity index is 2.18. The van der Waals surface area contributed by atoms with Gasteiger partial charge in [0.2, 0.25) is 0 Å². The molecule has 0 aliphatic rings. The van der Waals surface area contributed by atoms with Crippen molar-refractivity contribution in [2.45, 2.75) is 6.54 Å². The molecule has 3 aromatic rings. The van der Waals surface area contributed by atoms with Crippen LogP contribution in [0.25, 0.3) is 10.2 Å². The summed E-state index contributed by atoms with van der Waals surface area (Å²) in [6, 6.07) is 6.78. The number of benzene rings is 2. The molecule has 0 aliphatic heterocycles. The van der Waals surface area contributed by atoms with Crippen molar-refractivity contribution in [1.82, 2.24) is 4.57 Å². The van der Waals surface area contributed by atoms with Gasteiger partial charge >= 0.3 is 0 Å². The Morgan fingerprint density at radius 3 is 2.61 bits per heavy atom. The summed E-state index contributed by atoms with van der Waals surface area (Å²) in [5.41, 5.74) is 0.372. The summed E-state index contributed by atoms with van der Waals surface area (Å²) in [5, 5.41) is 0. The summed E-state index contributed by atoms with van der Waals surface area (Å²) < 4.78 is 45.3. The number of thiazole rings is 1. The van der Waals surface area contributed by atoms with Crippen LogP contribution in [-0.2, 0) is 11.3 Å². The number of hydrogen-bond donors (Lipinski definition) is 0. The molecule has 0 spiro atoms. The van der Waals surface area contributed by atoms with Crippen molar-refractivity contribution in [1.29, 1.82) is 0 Å². The maximum absolute atomic E-state index is 14.4. The molecule has 0 bridgehead atoms. The van der Waals surface area contributed by atoms with E-state index in [0.717, 1.165) is 17.4 Å². The minimum absolute atomic E-state index is 0.174. The lowest BCUT2D eigenvalue weighted by Gasteiger charge is -2.08. The van der Waals surface area contributed by atoms with Gasteiger partial charge in [-0.2, -0.15) is 4.99 Å². The molecule has 0 aliphatic carbocycles. The lowest BCUT2D eigenvalue weighted by molar-refractivity contribution is 0.0994. The van der Waals surface area contributed by atoms with Crippen LogP contribution in [0.15, 0.2) is 35.3 Å². The Bertz CT molecular complexity index is 1090. The lowest BCUT2D eigenvalue weighted by atomic mass is 10.2. The average molecular weight is 408 g/mol. The van der Waals surface area contributed by atoms with E-state index in [0.29, 0.717) is 16.2 Å². The molecule has 1 amide bonds. The minimum atomic E-state index is -0.727. The molecule has 2 aromatic carbocycles. The zero-order chi connectivity index (χ0) is 20.3. The highest BCUT2D eigenvalue weighted by Gasteiger charge is 2.17. The van der Waals surface area contributed by atoms with Crippen LogP contribution >= 0.6 is 11.3 Å². The molecular formula is C19H18F2N2O4S. The fourth-order valence-electron chi connectivity index (χ4n) is 2.73. The molecule has 0 fully saturated rings. The third-order valence-electron chi connectivity index (χ3n) is 4.05. The standard InChI is InChI=1S/C19H18F2N2O4S/c1-25-7-6-23-17-14(21)8-11(20)9-16(17)28-19(23)22-18(24)13-10-12(26-2)4-5-15(13)27-3/h4-5,8-10H,6-7H2,1-3H3. The number of ether oxygens (including phenoxy) is 3. The van der Waals surface area contributed by atoms with Crippen molar-refractivity contribution in [2.75, 3.05) is 27.9 Å². The highest BCUT2D eigenvalue weighted by atomic mass is 32.1. The zero-order valence-electron chi connectivity index (χ0n) is 15.5. The highest BCUT2D eigenvalue weighted by Crippen LogP contribution is 2.25. The maximum Gasteiger partial charge on any atom is 0.283 e. The molecule has 0 radical (unpaired) electrons. The zero-order valence-corrected chi connectivity index (χ0v) is 16.3. The second kappa shape index (κ2) is 8.49. The van der Waals surface area contributed by atoms with Gasteiger partial charge in [-0.15, -0.1) is 0 Å². The third kappa shape index (κ3) is 3.90. The summed E-state index contributed by atoms with van der Waals surface area (Å²) in [6.07, 6.45) is 0. The summed E-state index contributed by atoms with van der Waals surface area (Å²) >= 11 is 1.02. The molecule has 28 heavy (non-hydrogen) atoms. The van der Waals surface area contributed by atoms with E-state index >= 15 is 0 Å². The first-order valence-corrected chi connectivity index (χ1v) is 9.08. The molecular weight excluding hydrogens is 390 g/mol. The van der Waals surface area contributed by atoms with Crippen molar-refractivity contribution in [2.24, 2.45) is 4.99 Å². The number of rotatable bonds is 6. The van der Waals surface area contributed by atoms with E-state index < -0.39 is 17.5 Å². The van der Waals surface area contributed by atoms with E-state index in [9.17, 15) is 13.6 Å². The second-order valence-corrected chi connectivity index (χ2v) is 6.76. The largest absolute Gasteiger partial charge is 0.497 e. The fraction of sp³-hybridized carbons (Fsp3) is 0.263. The molecule has 0 saturated heterocycles. The van der Waals surface area contributed by atoms with Gasteiger partial charge in [0.1, 0.15) is 17.3 Å². The second-order valence-electron chi connectivity index (χ2n) is 5.75. The van der Waals surface area contributed by atoms with Crippen LogP contribution in [0.5, 0.6) is 11.5 Å². The first-order valence-electron chi connectivity index (χ1n) is 8.27. The van der Waals surface area contributed by atoms with Gasteiger partial charge < -0.3 is 18.8 Å². The number of carbonyl (C=O) groups excluding carboxylic acids is 1. The quantitative estimate of drug-likeness (QED) is 0.627. The fourth-order valence-corrected chi connectivity index (χ4v) is 3.83. The molecule has 1 heterocycles. The maximum atomic E-state index is 14.4. The Morgan fingerprint density at radius 2 is 1.93 bits per heavy atom. The van der Waals surface area contributed by atoms with Crippen LogP contribution in [0.1, 0.15) is 10.4 Å². The normalized spacial score (nSPS) is 11.8. The summed E-state index contributed by atoms with van der Waals surface area (Å²) in [4.78, 5) is 17.2. The van der Waals surface area contributed by atoms with Crippen LogP contribution in [0.3, 0.4) is 0 Å². The van der Waals surface area contributed by atoms with E-state index in [1.54, 1.807) is 12.1 Å². The topological polar surface area (TPSA) is 62.1 Å². The first-order chi connectivity index (χ1) is 13.5. The van der Waals surface area contributed by atoms with Crippen LogP contribution < -0.4 is 14.3 Å². The van der Waals surface area contributed by atoms with Gasteiger partial charge in [-0.25, -0.2) is 8.78 Å². The average Bonchev–Trinajstić information content (AvgIpc) is 3.02. The van der Waals surface area contributed by atoms with Crippen LogP contribution in [-0.4, -0.2) is 38.4 Å². The smallest absolute Gasteiger partial charge is 0.283 e. The van der Waals surface area contributed by atoms with Gasteiger partial charge in [0.05, 0.1) is 36.6 Å². The summed E-state index contributed by atoms with van der Waals surface area (Å²) in [7, 11) is 4.43. The van der Waals surface area contributed by atoms with E-state index in [-0.39, 0.29) is 29.0 Å². The Hall–Kier alpha value is -2.78. The monoisotopic (exact) mass is 408 g/mol. The van der Waals surface area contributed by atoms with E-state index in [2.05, 4.69) is 4.99 Å². The minimum Gasteiger partial charge on any atom is -0.497 e. The van der Waals surface area contributed by atoms with Gasteiger partial charge in [-0.05, 0) is 24.3 Å². The number of amides is 1. The molecule has 0 atom stereocenters. The van der Waals surface area contributed by atoms with Gasteiger partial charge in [0.15, 0.2) is 10.6 Å². The predicted octanol–water partition coefficient (Wildman–Crippen LogP) is 3.39. The molecule has 1 aromatic heterocycles. The number of carbonyl (C=O) groups is 1. The first kappa shape index (κ1) is 20.0. The van der Waals surface area contributed by atoms with Crippen molar-refractivity contribution in [3.8, 4) is 11.5 Å². The van der Waals surface area contributed by atoms with Crippen LogP contribution in [0.2, 0.25) is 0 Å². The Morgan fingerprint density at radius 1 is 1.14 bits per heavy atom. The predicted molar refractivity (Wildman–Crippen MR) is 101 cm³/mol. The van der Waals surface area contributed by atoms with Gasteiger partial charge in [0, 0.05) is 19.7 Å². The summed E-state index contributed by atoms with van der Waals surface area (Å²) in [5.74, 6) is -1.21. The van der Waals surface area contributed by atoms with Crippen molar-refractivity contribution in [3.05, 3.63) is 52.3 Å². The molecule has 9 heteroatoms. The number of aromatic nitrogens is 1. The van der Waals surface area contributed by atoms with E-state index in [1.165, 1.54) is 38.0 Å². The van der Waals surface area contributed by atoms with Gasteiger partial charge in [0.25, 0.3) is 5.91 Å². The lowest BCUT2D eigenvalue weighted by Crippen LogP contribution is -2.20. The summed E-state index contributed by atoms with van der Waals surface area (Å²) in [6.45, 7) is 0.521. The van der Waals surface area contributed by atoms with Crippen LogP contribution in [0.4, 0.5) is 8.78 Å². The van der Waals surface area contributed by atoms with Gasteiger partial charge in [-0.3, -0.25) is 4.79 Å². The van der Waals surface area contributed by atoms with Gasteiger partial charge in [-0.1, -0.05) is 11.3 Å². The van der Waals surface area contributed by atoms with E-state index in [1.807, 2.05) is 0 Å². The third-order valence-corrected chi connectivity index (χ3v) is 5.07. The number of fused-ring (bicyclic) bond motifs is 1. The molecule has 0 N–H and O–H groups in total. The molecule has 6 nitrogen and oxygen atoms in total. The molecule has 0 saturated carbocycles. The molecule has 3 rings (SSSR count). The van der Waals surface area contributed by atoms with Crippen molar-refractivity contribution < 1.29 is 27.8 Å². The number of halogens is 2. The number of nitrogens with zero attached hydrogens (tertiary/aromatic N) is 2. The van der Waals surface area contributed by atoms with Crippen molar-refractivity contribution >= 4 is 27.5 Å². The Kier molecular flexibility index (Phi) is 6.05. The molecule has 148 valence electrons. The van der Waals surface area contributed by atoms with E-state index in [4.69, 9.17) is 14.2 Å². The number of methoxy groups -OCH3 is 3. The SMILES string of the molecule is COCCn1c(=NC(=O)c2cc(OC)ccc2OC)sc2cc(F)cc(F)c21.